The van der Waals surface area contributed by atoms with Gasteiger partial charge in [0, 0.05) is 6.54 Å². The third-order valence-electron chi connectivity index (χ3n) is 1.49. The van der Waals surface area contributed by atoms with Crippen molar-refractivity contribution >= 4 is 11.3 Å². The highest BCUT2D eigenvalue weighted by Crippen LogP contribution is 2.23. The summed E-state index contributed by atoms with van der Waals surface area (Å²) < 4.78 is 5.22. The Morgan fingerprint density at radius 1 is 1.58 bits per heavy atom. The van der Waals surface area contributed by atoms with Crippen LogP contribution in [0, 0.1) is 0 Å². The van der Waals surface area contributed by atoms with Crippen LogP contribution in [0.4, 0.5) is 0 Å². The molecule has 0 spiro atoms. The van der Waals surface area contributed by atoms with E-state index in [4.69, 9.17) is 10.2 Å². The van der Waals surface area contributed by atoms with Crippen molar-refractivity contribution in [3.63, 3.8) is 0 Å². The minimum absolute atomic E-state index is 0.425. The highest BCUT2D eigenvalue weighted by molar-refractivity contribution is 7.13. The molecule has 0 amide bonds. The van der Waals surface area contributed by atoms with Gasteiger partial charge < -0.3 is 10.2 Å². The van der Waals surface area contributed by atoms with E-state index in [1.165, 1.54) is 0 Å². The summed E-state index contributed by atoms with van der Waals surface area (Å²) in [5.41, 5.74) is 6.19. The number of nitrogens with two attached hydrogens (primary N) is 1. The smallest absolute Gasteiger partial charge is 0.236 e. The van der Waals surface area contributed by atoms with Gasteiger partial charge in [-0.3, -0.25) is 0 Å². The third-order valence-corrected chi connectivity index (χ3v) is 2.35. The summed E-state index contributed by atoms with van der Waals surface area (Å²) in [6.07, 6.45) is 1.59. The van der Waals surface area contributed by atoms with E-state index in [0.29, 0.717) is 12.4 Å². The van der Waals surface area contributed by atoms with Gasteiger partial charge in [-0.05, 0) is 11.4 Å². The number of hydrogen-bond donors (Lipinski definition) is 1. The van der Waals surface area contributed by atoms with Gasteiger partial charge in [-0.1, -0.05) is 6.07 Å². The lowest BCUT2D eigenvalue weighted by molar-refractivity contribution is 0.574. The van der Waals surface area contributed by atoms with Gasteiger partial charge in [0.05, 0.1) is 10.6 Å². The Kier molecular flexibility index (Phi) is 1.93. The predicted octanol–water partition coefficient (Wildman–Crippen LogP) is 1.86. The molecule has 3 nitrogen and oxygen atoms in total. The molecule has 0 bridgehead atoms. The molecule has 62 valence electrons. The Hall–Kier alpha value is -1.13. The summed E-state index contributed by atoms with van der Waals surface area (Å²) in [5, 5.41) is 1.99. The quantitative estimate of drug-likeness (QED) is 0.767. The maximum atomic E-state index is 5.40. The van der Waals surface area contributed by atoms with Crippen LogP contribution in [0.3, 0.4) is 0 Å². The third kappa shape index (κ3) is 1.26. The van der Waals surface area contributed by atoms with E-state index in [-0.39, 0.29) is 0 Å². The molecule has 2 N–H and O–H groups in total. The fourth-order valence-corrected chi connectivity index (χ4v) is 1.57. The molecule has 0 radical (unpaired) electrons. The summed E-state index contributed by atoms with van der Waals surface area (Å²) >= 11 is 1.60. The van der Waals surface area contributed by atoms with Crippen LogP contribution in [-0.2, 0) is 6.54 Å². The first-order valence-electron chi connectivity index (χ1n) is 3.58. The van der Waals surface area contributed by atoms with Crippen molar-refractivity contribution in [1.82, 2.24) is 4.98 Å². The van der Waals surface area contributed by atoms with E-state index in [1.54, 1.807) is 17.6 Å². The Morgan fingerprint density at radius 3 is 3.08 bits per heavy atom. The fraction of sp³-hybridized carbons (Fsp3) is 0.125. The van der Waals surface area contributed by atoms with Crippen LogP contribution >= 0.6 is 11.3 Å². The number of hydrogen-bond acceptors (Lipinski definition) is 4. The Bertz CT molecular complexity index is 353. The zero-order valence-corrected chi connectivity index (χ0v) is 7.17. The second-order valence-corrected chi connectivity index (χ2v) is 3.27. The molecule has 0 unspecified atom stereocenters. The fourth-order valence-electron chi connectivity index (χ4n) is 0.914. The summed E-state index contributed by atoms with van der Waals surface area (Å²) in [5.74, 6) is 0.658. The SMILES string of the molecule is NCc1coc(-c2cccs2)n1. The molecule has 0 atom stereocenters. The molecular weight excluding hydrogens is 172 g/mol. The van der Waals surface area contributed by atoms with Crippen molar-refractivity contribution in [3.05, 3.63) is 29.5 Å². The van der Waals surface area contributed by atoms with Crippen molar-refractivity contribution in [3.8, 4) is 10.8 Å². The molecule has 4 heteroatoms. The van der Waals surface area contributed by atoms with Gasteiger partial charge in [0.2, 0.25) is 5.89 Å². The number of oxazole rings is 1. The van der Waals surface area contributed by atoms with E-state index in [1.807, 2.05) is 17.5 Å². The first-order chi connectivity index (χ1) is 5.90. The highest BCUT2D eigenvalue weighted by Gasteiger charge is 2.05. The van der Waals surface area contributed by atoms with Gasteiger partial charge >= 0.3 is 0 Å². The molecule has 2 heterocycles. The van der Waals surface area contributed by atoms with E-state index in [2.05, 4.69) is 4.98 Å². The van der Waals surface area contributed by atoms with E-state index < -0.39 is 0 Å². The minimum Gasteiger partial charge on any atom is -0.444 e. The average molecular weight is 180 g/mol. The molecule has 2 aromatic heterocycles. The molecular formula is C8H8N2OS. The molecule has 0 aliphatic heterocycles. The maximum Gasteiger partial charge on any atom is 0.236 e. The second-order valence-electron chi connectivity index (χ2n) is 2.33. The van der Waals surface area contributed by atoms with E-state index >= 15 is 0 Å². The summed E-state index contributed by atoms with van der Waals surface area (Å²) in [7, 11) is 0. The van der Waals surface area contributed by atoms with Crippen LogP contribution in [-0.4, -0.2) is 4.98 Å². The standard InChI is InChI=1S/C8H8N2OS/c9-4-6-5-11-8(10-6)7-2-1-3-12-7/h1-3,5H,4,9H2. The number of rotatable bonds is 2. The van der Waals surface area contributed by atoms with Crippen molar-refractivity contribution in [2.45, 2.75) is 6.54 Å². The Labute approximate surface area is 73.8 Å². The number of thiophene rings is 1. The van der Waals surface area contributed by atoms with Gasteiger partial charge in [-0.15, -0.1) is 11.3 Å². The van der Waals surface area contributed by atoms with E-state index in [0.717, 1.165) is 10.6 Å². The predicted molar refractivity (Wildman–Crippen MR) is 47.7 cm³/mol. The van der Waals surface area contributed by atoms with Gasteiger partial charge in [-0.25, -0.2) is 4.98 Å². The molecule has 2 rings (SSSR count). The lowest BCUT2D eigenvalue weighted by Gasteiger charge is -1.84. The van der Waals surface area contributed by atoms with Crippen LogP contribution in [0.25, 0.3) is 10.8 Å². The van der Waals surface area contributed by atoms with Crippen molar-refractivity contribution in [1.29, 1.82) is 0 Å². The normalized spacial score (nSPS) is 10.4. The van der Waals surface area contributed by atoms with Crippen LogP contribution < -0.4 is 5.73 Å². The molecule has 2 aromatic rings. The van der Waals surface area contributed by atoms with Crippen LogP contribution in [0.2, 0.25) is 0 Å². The molecule has 0 saturated heterocycles. The molecule has 0 aliphatic rings. The topological polar surface area (TPSA) is 52.0 Å². The zero-order chi connectivity index (χ0) is 8.39. The molecule has 0 aliphatic carbocycles. The average Bonchev–Trinajstić information content (AvgIpc) is 2.75. The lowest BCUT2D eigenvalue weighted by Crippen LogP contribution is -1.95. The molecule has 0 fully saturated rings. The van der Waals surface area contributed by atoms with Crippen molar-refractivity contribution in [2.75, 3.05) is 0 Å². The maximum absolute atomic E-state index is 5.40. The summed E-state index contributed by atoms with van der Waals surface area (Å²) in [4.78, 5) is 5.23. The summed E-state index contributed by atoms with van der Waals surface area (Å²) in [6, 6.07) is 3.93. The lowest BCUT2D eigenvalue weighted by atomic mass is 10.4. The van der Waals surface area contributed by atoms with Gasteiger partial charge in [0.25, 0.3) is 0 Å². The monoisotopic (exact) mass is 180 g/mol. The minimum atomic E-state index is 0.425. The first-order valence-corrected chi connectivity index (χ1v) is 4.46. The largest absolute Gasteiger partial charge is 0.444 e. The highest BCUT2D eigenvalue weighted by atomic mass is 32.1. The molecule has 12 heavy (non-hydrogen) atoms. The number of nitrogens with zero attached hydrogens (tertiary/aromatic N) is 1. The van der Waals surface area contributed by atoms with Crippen LogP contribution in [0.5, 0.6) is 0 Å². The van der Waals surface area contributed by atoms with Crippen molar-refractivity contribution in [2.24, 2.45) is 5.73 Å². The van der Waals surface area contributed by atoms with E-state index in [9.17, 15) is 0 Å². The molecule has 0 saturated carbocycles. The van der Waals surface area contributed by atoms with Gasteiger partial charge in [-0.2, -0.15) is 0 Å². The van der Waals surface area contributed by atoms with Crippen LogP contribution in [0.1, 0.15) is 5.69 Å². The second kappa shape index (κ2) is 3.08. The van der Waals surface area contributed by atoms with Gasteiger partial charge in [0.1, 0.15) is 6.26 Å². The summed E-state index contributed by atoms with van der Waals surface area (Å²) in [6.45, 7) is 0.425. The first kappa shape index (κ1) is 7.52. The van der Waals surface area contributed by atoms with Gasteiger partial charge in [0.15, 0.2) is 0 Å². The van der Waals surface area contributed by atoms with Crippen LogP contribution in [0.15, 0.2) is 28.2 Å². The molecule has 0 aromatic carbocycles. The number of aromatic nitrogens is 1. The Balaban J connectivity index is 2.35. The zero-order valence-electron chi connectivity index (χ0n) is 6.36. The van der Waals surface area contributed by atoms with Crippen molar-refractivity contribution < 1.29 is 4.42 Å². The Morgan fingerprint density at radius 2 is 2.50 bits per heavy atom.